The number of amides is 1. The average Bonchev–Trinajstić information content (AvgIpc) is 2.52. The second-order valence-corrected chi connectivity index (χ2v) is 9.12. The molecule has 0 saturated heterocycles. The fourth-order valence-corrected chi connectivity index (χ4v) is 5.66. The maximum absolute atomic E-state index is 13.0. The maximum Gasteiger partial charge on any atom is 0.240 e. The highest BCUT2D eigenvalue weighted by Gasteiger charge is 2.52. The number of hydrogen-bond acceptors (Lipinski definition) is 2. The van der Waals surface area contributed by atoms with Gasteiger partial charge in [-0.25, -0.2) is 0 Å². The molecule has 4 fully saturated rings. The molecule has 2 N–H and O–H groups in total. The molecule has 1 aromatic rings. The third kappa shape index (κ3) is 3.11. The van der Waals surface area contributed by atoms with E-state index in [4.69, 9.17) is 0 Å². The maximum atomic E-state index is 13.0. The number of nitrogens with one attached hydrogen (secondary N) is 2. The largest absolute Gasteiger partial charge is 0.349 e. The summed E-state index contributed by atoms with van der Waals surface area (Å²) in [6.07, 6.45) is 7.85. The molecule has 3 heteroatoms. The van der Waals surface area contributed by atoms with Gasteiger partial charge in [-0.1, -0.05) is 30.3 Å². The quantitative estimate of drug-likeness (QED) is 0.867. The van der Waals surface area contributed by atoms with Crippen LogP contribution in [0.25, 0.3) is 0 Å². The van der Waals surface area contributed by atoms with Gasteiger partial charge in [0.25, 0.3) is 0 Å². The van der Waals surface area contributed by atoms with Crippen LogP contribution in [0.2, 0.25) is 0 Å². The van der Waals surface area contributed by atoms with Crippen LogP contribution in [-0.2, 0) is 11.3 Å². The van der Waals surface area contributed by atoms with Crippen molar-refractivity contribution in [1.82, 2.24) is 10.6 Å². The predicted octanol–water partition coefficient (Wildman–Crippen LogP) is 3.64. The molecule has 24 heavy (non-hydrogen) atoms. The van der Waals surface area contributed by atoms with E-state index in [-0.39, 0.29) is 11.4 Å². The minimum atomic E-state index is -0.542. The van der Waals surface area contributed by atoms with E-state index in [9.17, 15) is 4.79 Å². The van der Waals surface area contributed by atoms with Crippen LogP contribution in [0.4, 0.5) is 0 Å². The van der Waals surface area contributed by atoms with Gasteiger partial charge in [0, 0.05) is 12.1 Å². The van der Waals surface area contributed by atoms with Crippen molar-refractivity contribution in [2.75, 3.05) is 0 Å². The molecule has 4 aliphatic carbocycles. The Morgan fingerprint density at radius 2 is 1.58 bits per heavy atom. The molecule has 1 amide bonds. The van der Waals surface area contributed by atoms with Crippen molar-refractivity contribution in [3.63, 3.8) is 0 Å². The molecular weight excluding hydrogens is 296 g/mol. The fourth-order valence-electron chi connectivity index (χ4n) is 5.66. The summed E-state index contributed by atoms with van der Waals surface area (Å²) in [5.41, 5.74) is 0.768. The molecule has 3 nitrogen and oxygen atoms in total. The summed E-state index contributed by atoms with van der Waals surface area (Å²) in [4.78, 5) is 13.0. The summed E-state index contributed by atoms with van der Waals surface area (Å²) in [6.45, 7) is 4.74. The van der Waals surface area contributed by atoms with Gasteiger partial charge in [0.1, 0.15) is 0 Å². The second kappa shape index (κ2) is 5.87. The predicted molar refractivity (Wildman–Crippen MR) is 96.4 cm³/mol. The lowest BCUT2D eigenvalue weighted by Gasteiger charge is -2.57. The van der Waals surface area contributed by atoms with E-state index in [0.717, 1.165) is 24.3 Å². The van der Waals surface area contributed by atoms with Crippen LogP contribution in [0, 0.1) is 17.8 Å². The van der Waals surface area contributed by atoms with E-state index in [1.165, 1.54) is 44.1 Å². The highest BCUT2D eigenvalue weighted by atomic mass is 16.2. The molecule has 130 valence electrons. The second-order valence-electron chi connectivity index (χ2n) is 9.12. The molecule has 0 heterocycles. The van der Waals surface area contributed by atoms with Gasteiger partial charge in [0.2, 0.25) is 5.91 Å². The number of benzene rings is 1. The minimum absolute atomic E-state index is 0.0948. The first kappa shape index (κ1) is 16.1. The van der Waals surface area contributed by atoms with Gasteiger partial charge in [-0.3, -0.25) is 10.1 Å². The molecule has 1 aromatic carbocycles. The smallest absolute Gasteiger partial charge is 0.240 e. The van der Waals surface area contributed by atoms with E-state index in [1.807, 2.05) is 32.0 Å². The lowest BCUT2D eigenvalue weighted by Crippen LogP contribution is -2.64. The Hall–Kier alpha value is -1.35. The zero-order chi connectivity index (χ0) is 16.8. The van der Waals surface area contributed by atoms with Gasteiger partial charge in [-0.2, -0.15) is 0 Å². The van der Waals surface area contributed by atoms with E-state index in [1.54, 1.807) is 0 Å². The van der Waals surface area contributed by atoms with Gasteiger partial charge in [0.15, 0.2) is 0 Å². The van der Waals surface area contributed by atoms with E-state index in [0.29, 0.717) is 0 Å². The normalized spacial score (nSPS) is 34.3. The van der Waals surface area contributed by atoms with Gasteiger partial charge in [-0.15, -0.1) is 0 Å². The van der Waals surface area contributed by atoms with Gasteiger partial charge < -0.3 is 5.32 Å². The molecule has 0 atom stereocenters. The Morgan fingerprint density at radius 3 is 2.12 bits per heavy atom. The molecule has 0 unspecified atom stereocenters. The Kier molecular flexibility index (Phi) is 3.95. The first-order valence-electron chi connectivity index (χ1n) is 9.56. The lowest BCUT2D eigenvalue weighted by molar-refractivity contribution is -0.132. The Bertz CT molecular complexity index is 572. The highest BCUT2D eigenvalue weighted by molar-refractivity contribution is 5.86. The molecule has 0 aromatic heterocycles. The third-order valence-electron chi connectivity index (χ3n) is 6.56. The molecule has 4 saturated carbocycles. The monoisotopic (exact) mass is 326 g/mol. The Balaban J connectivity index is 1.40. The van der Waals surface area contributed by atoms with E-state index in [2.05, 4.69) is 22.8 Å². The summed E-state index contributed by atoms with van der Waals surface area (Å²) >= 11 is 0. The SMILES string of the molecule is CC(C)(NCc1ccccc1)C(=O)NC12CC3CC(CC(C3)C1)C2. The van der Waals surface area contributed by atoms with Crippen LogP contribution < -0.4 is 10.6 Å². The van der Waals surface area contributed by atoms with Crippen LogP contribution in [0.3, 0.4) is 0 Å². The van der Waals surface area contributed by atoms with Crippen LogP contribution in [0.5, 0.6) is 0 Å². The van der Waals surface area contributed by atoms with Crippen molar-refractivity contribution in [2.45, 2.75) is 70.0 Å². The first-order valence-corrected chi connectivity index (χ1v) is 9.56. The van der Waals surface area contributed by atoms with Crippen LogP contribution in [-0.4, -0.2) is 17.0 Å². The minimum Gasteiger partial charge on any atom is -0.349 e. The van der Waals surface area contributed by atoms with Crippen LogP contribution in [0.15, 0.2) is 30.3 Å². The molecular formula is C21H30N2O. The third-order valence-corrected chi connectivity index (χ3v) is 6.56. The molecule has 0 spiro atoms. The number of carbonyl (C=O) groups excluding carboxylic acids is 1. The molecule has 0 radical (unpaired) electrons. The van der Waals surface area contributed by atoms with Crippen molar-refractivity contribution in [2.24, 2.45) is 17.8 Å². The van der Waals surface area contributed by atoms with Crippen LogP contribution >= 0.6 is 0 Å². The first-order chi connectivity index (χ1) is 11.4. The molecule has 4 bridgehead atoms. The average molecular weight is 326 g/mol. The summed E-state index contributed by atoms with van der Waals surface area (Å²) in [6, 6.07) is 10.3. The molecule has 4 aliphatic rings. The number of carbonyl (C=O) groups is 1. The summed E-state index contributed by atoms with van der Waals surface area (Å²) in [7, 11) is 0. The Morgan fingerprint density at radius 1 is 1.04 bits per heavy atom. The van der Waals surface area contributed by atoms with Crippen molar-refractivity contribution >= 4 is 5.91 Å². The van der Waals surface area contributed by atoms with Crippen molar-refractivity contribution in [3.05, 3.63) is 35.9 Å². The highest BCUT2D eigenvalue weighted by Crippen LogP contribution is 2.55. The molecule has 5 rings (SSSR count). The van der Waals surface area contributed by atoms with Crippen molar-refractivity contribution < 1.29 is 4.79 Å². The summed E-state index contributed by atoms with van der Waals surface area (Å²) in [5, 5.41) is 6.95. The van der Waals surface area contributed by atoms with Gasteiger partial charge in [0.05, 0.1) is 5.54 Å². The number of rotatable bonds is 5. The van der Waals surface area contributed by atoms with Crippen molar-refractivity contribution in [1.29, 1.82) is 0 Å². The van der Waals surface area contributed by atoms with Crippen molar-refractivity contribution in [3.8, 4) is 0 Å². The number of hydrogen-bond donors (Lipinski definition) is 2. The van der Waals surface area contributed by atoms with Crippen LogP contribution in [0.1, 0.15) is 57.9 Å². The van der Waals surface area contributed by atoms with E-state index >= 15 is 0 Å². The zero-order valence-corrected chi connectivity index (χ0v) is 15.0. The molecule has 0 aliphatic heterocycles. The van der Waals surface area contributed by atoms with E-state index < -0.39 is 5.54 Å². The lowest BCUT2D eigenvalue weighted by atomic mass is 9.53. The summed E-state index contributed by atoms with van der Waals surface area (Å²) in [5.74, 6) is 2.74. The zero-order valence-electron chi connectivity index (χ0n) is 15.0. The Labute approximate surface area is 145 Å². The standard InChI is InChI=1S/C21H30N2O/c1-20(2,22-14-15-6-4-3-5-7-15)19(24)23-21-11-16-8-17(12-21)10-18(9-16)13-21/h3-7,16-18,22H,8-14H2,1-2H3,(H,23,24). The van der Waals surface area contributed by atoms with Gasteiger partial charge >= 0.3 is 0 Å². The summed E-state index contributed by atoms with van der Waals surface area (Å²) < 4.78 is 0. The fraction of sp³-hybridized carbons (Fsp3) is 0.667. The topological polar surface area (TPSA) is 41.1 Å². The van der Waals surface area contributed by atoms with Gasteiger partial charge in [-0.05, 0) is 75.7 Å².